The van der Waals surface area contributed by atoms with E-state index < -0.39 is 11.6 Å². The Bertz CT molecular complexity index is 354. The molecule has 0 fully saturated rings. The highest BCUT2D eigenvalue weighted by atomic mass is 79.9. The van der Waals surface area contributed by atoms with Crippen molar-refractivity contribution in [3.63, 3.8) is 0 Å². The van der Waals surface area contributed by atoms with Gasteiger partial charge in [-0.15, -0.1) is 0 Å². The Balaban J connectivity index is 3.10. The van der Waals surface area contributed by atoms with E-state index in [4.69, 9.17) is 5.73 Å². The van der Waals surface area contributed by atoms with Crippen LogP contribution in [0.3, 0.4) is 0 Å². The first-order valence-corrected chi connectivity index (χ1v) is 4.63. The van der Waals surface area contributed by atoms with E-state index in [-0.39, 0.29) is 21.4 Å². The summed E-state index contributed by atoms with van der Waals surface area (Å²) in [6, 6.07) is 2.87. The Morgan fingerprint density at radius 2 is 2.00 bits per heavy atom. The average Bonchev–Trinajstić information content (AvgIpc) is 2.06. The number of thiocarbonyl (C=S) groups is 1. The first-order valence-electron chi connectivity index (χ1n) is 3.43. The Kier molecular flexibility index (Phi) is 3.33. The summed E-state index contributed by atoms with van der Waals surface area (Å²) in [6.45, 7) is 0. The molecule has 1 aromatic rings. The van der Waals surface area contributed by atoms with Gasteiger partial charge in [-0.2, -0.15) is 0 Å². The number of rotatable bonds is 2. The Morgan fingerprint density at radius 1 is 1.38 bits per heavy atom. The molecule has 0 amide bonds. The van der Waals surface area contributed by atoms with E-state index in [0.717, 1.165) is 0 Å². The van der Waals surface area contributed by atoms with Crippen molar-refractivity contribution in [3.05, 3.63) is 33.8 Å². The third-order valence-electron chi connectivity index (χ3n) is 1.48. The van der Waals surface area contributed by atoms with Gasteiger partial charge in [-0.3, -0.25) is 0 Å². The van der Waals surface area contributed by atoms with Gasteiger partial charge in [0.05, 0.1) is 9.46 Å². The molecule has 0 atom stereocenters. The minimum atomic E-state index is -0.909. The molecule has 70 valence electrons. The molecule has 0 unspecified atom stereocenters. The second-order valence-electron chi connectivity index (χ2n) is 2.48. The Morgan fingerprint density at radius 3 is 2.54 bits per heavy atom. The second kappa shape index (κ2) is 4.11. The lowest BCUT2D eigenvalue weighted by Gasteiger charge is -2.03. The molecule has 0 aromatic heterocycles. The molecule has 1 aromatic carbocycles. The number of nitrogens with two attached hydrogens (primary N) is 1. The normalized spacial score (nSPS) is 10.1. The van der Waals surface area contributed by atoms with Crippen LogP contribution in [-0.2, 0) is 6.42 Å². The number of hydrogen-bond acceptors (Lipinski definition) is 1. The molecule has 0 radical (unpaired) electrons. The molecule has 5 heteroatoms. The molecule has 1 rings (SSSR count). The summed E-state index contributed by atoms with van der Waals surface area (Å²) in [6.07, 6.45) is 0.0748. The van der Waals surface area contributed by atoms with Gasteiger partial charge in [0.15, 0.2) is 11.6 Å². The maximum atomic E-state index is 13.1. The molecule has 0 aliphatic carbocycles. The fourth-order valence-electron chi connectivity index (χ4n) is 0.890. The monoisotopic (exact) mass is 265 g/mol. The molecule has 0 saturated carbocycles. The Hall–Kier alpha value is -0.550. The van der Waals surface area contributed by atoms with Crippen molar-refractivity contribution in [2.75, 3.05) is 0 Å². The summed E-state index contributed by atoms with van der Waals surface area (Å²) in [5, 5.41) is 0. The molecular weight excluding hydrogens is 260 g/mol. The van der Waals surface area contributed by atoms with Crippen molar-refractivity contribution in [1.82, 2.24) is 0 Å². The largest absolute Gasteiger partial charge is 0.393 e. The molecule has 0 heterocycles. The van der Waals surface area contributed by atoms with Crippen LogP contribution < -0.4 is 5.73 Å². The SMILES string of the molecule is NC(=S)Cc1ccc(Br)c(F)c1F. The standard InChI is InChI=1S/C8H6BrF2NS/c9-5-2-1-4(3-6(12)13)7(10)8(5)11/h1-2H,3H2,(H2,12,13). The molecule has 2 N–H and O–H groups in total. The van der Waals surface area contributed by atoms with Crippen molar-refractivity contribution < 1.29 is 8.78 Å². The predicted octanol–water partition coefficient (Wildman–Crippen LogP) is 2.56. The van der Waals surface area contributed by atoms with Crippen molar-refractivity contribution >= 4 is 33.1 Å². The zero-order valence-corrected chi connectivity index (χ0v) is 8.88. The van der Waals surface area contributed by atoms with E-state index in [1.165, 1.54) is 12.1 Å². The highest BCUT2D eigenvalue weighted by Crippen LogP contribution is 2.21. The average molecular weight is 266 g/mol. The highest BCUT2D eigenvalue weighted by molar-refractivity contribution is 9.10. The highest BCUT2D eigenvalue weighted by Gasteiger charge is 2.11. The minimum Gasteiger partial charge on any atom is -0.393 e. The van der Waals surface area contributed by atoms with Crippen molar-refractivity contribution in [3.8, 4) is 0 Å². The molecule has 0 aliphatic rings. The lowest BCUT2D eigenvalue weighted by Crippen LogP contribution is -2.12. The van der Waals surface area contributed by atoms with Crippen LogP contribution in [0.15, 0.2) is 16.6 Å². The van der Waals surface area contributed by atoms with E-state index in [1.54, 1.807) is 0 Å². The van der Waals surface area contributed by atoms with Gasteiger partial charge in [0.2, 0.25) is 0 Å². The van der Waals surface area contributed by atoms with Gasteiger partial charge < -0.3 is 5.73 Å². The summed E-state index contributed by atoms with van der Waals surface area (Å²) < 4.78 is 26.1. The molecule has 0 saturated heterocycles. The van der Waals surface area contributed by atoms with Gasteiger partial charge >= 0.3 is 0 Å². The van der Waals surface area contributed by atoms with Gasteiger partial charge in [0, 0.05) is 6.42 Å². The van der Waals surface area contributed by atoms with E-state index in [1.807, 2.05) is 0 Å². The summed E-state index contributed by atoms with van der Waals surface area (Å²) in [7, 11) is 0. The zero-order valence-electron chi connectivity index (χ0n) is 6.48. The lowest BCUT2D eigenvalue weighted by molar-refractivity contribution is 0.497. The predicted molar refractivity (Wildman–Crippen MR) is 54.5 cm³/mol. The number of benzene rings is 1. The van der Waals surface area contributed by atoms with Crippen LogP contribution in [0.5, 0.6) is 0 Å². The maximum absolute atomic E-state index is 13.1. The summed E-state index contributed by atoms with van der Waals surface area (Å²) in [5.41, 5.74) is 5.39. The van der Waals surface area contributed by atoms with Gasteiger partial charge in [-0.05, 0) is 27.6 Å². The fourth-order valence-corrected chi connectivity index (χ4v) is 1.35. The molecular formula is C8H6BrF2NS. The van der Waals surface area contributed by atoms with E-state index in [2.05, 4.69) is 28.1 Å². The zero-order chi connectivity index (χ0) is 10.0. The molecule has 13 heavy (non-hydrogen) atoms. The van der Waals surface area contributed by atoms with Crippen LogP contribution >= 0.6 is 28.1 Å². The molecule has 0 bridgehead atoms. The van der Waals surface area contributed by atoms with E-state index in [0.29, 0.717) is 0 Å². The van der Waals surface area contributed by atoms with Crippen LogP contribution in [0.25, 0.3) is 0 Å². The van der Waals surface area contributed by atoms with Gasteiger partial charge in [-0.25, -0.2) is 8.78 Å². The van der Waals surface area contributed by atoms with Crippen molar-refractivity contribution in [1.29, 1.82) is 0 Å². The van der Waals surface area contributed by atoms with Crippen LogP contribution in [0.4, 0.5) is 8.78 Å². The number of hydrogen-bond donors (Lipinski definition) is 1. The smallest absolute Gasteiger partial charge is 0.173 e. The topological polar surface area (TPSA) is 26.0 Å². The Labute approximate surface area is 88.1 Å². The lowest BCUT2D eigenvalue weighted by atomic mass is 10.1. The maximum Gasteiger partial charge on any atom is 0.173 e. The summed E-state index contributed by atoms with van der Waals surface area (Å²) in [5.74, 6) is -1.81. The molecule has 1 nitrogen and oxygen atoms in total. The fraction of sp³-hybridized carbons (Fsp3) is 0.125. The van der Waals surface area contributed by atoms with Gasteiger partial charge in [-0.1, -0.05) is 18.3 Å². The third-order valence-corrected chi connectivity index (χ3v) is 2.24. The third kappa shape index (κ3) is 2.45. The van der Waals surface area contributed by atoms with Gasteiger partial charge in [0.1, 0.15) is 0 Å². The van der Waals surface area contributed by atoms with E-state index in [9.17, 15) is 8.78 Å². The first kappa shape index (κ1) is 10.5. The first-order chi connectivity index (χ1) is 6.02. The summed E-state index contributed by atoms with van der Waals surface area (Å²) in [4.78, 5) is 0.139. The van der Waals surface area contributed by atoms with Gasteiger partial charge in [0.25, 0.3) is 0 Å². The molecule has 0 aliphatic heterocycles. The second-order valence-corrected chi connectivity index (χ2v) is 3.86. The van der Waals surface area contributed by atoms with Crippen molar-refractivity contribution in [2.45, 2.75) is 6.42 Å². The van der Waals surface area contributed by atoms with E-state index >= 15 is 0 Å². The quantitative estimate of drug-likeness (QED) is 0.657. The van der Waals surface area contributed by atoms with Crippen LogP contribution in [0.1, 0.15) is 5.56 Å². The van der Waals surface area contributed by atoms with Crippen molar-refractivity contribution in [2.24, 2.45) is 5.73 Å². The minimum absolute atomic E-state index is 0.0748. The van der Waals surface area contributed by atoms with Crippen LogP contribution in [0.2, 0.25) is 0 Å². The summed E-state index contributed by atoms with van der Waals surface area (Å²) >= 11 is 7.46. The van der Waals surface area contributed by atoms with Crippen LogP contribution in [-0.4, -0.2) is 4.99 Å². The van der Waals surface area contributed by atoms with Crippen LogP contribution in [0, 0.1) is 11.6 Å². The number of halogens is 3. The molecule has 0 spiro atoms.